The monoisotopic (exact) mass is 344 g/mol. The Labute approximate surface area is 137 Å². The molecule has 0 fully saturated rings. The van der Waals surface area contributed by atoms with Crippen molar-refractivity contribution < 1.29 is 14.3 Å². The maximum Gasteiger partial charge on any atom is 0.338 e. The molecule has 0 saturated carbocycles. The molecule has 0 bridgehead atoms. The highest BCUT2D eigenvalue weighted by Crippen LogP contribution is 2.36. The minimum absolute atomic E-state index is 0.131. The summed E-state index contributed by atoms with van der Waals surface area (Å²) in [7, 11) is 1.33. The lowest BCUT2D eigenvalue weighted by Crippen LogP contribution is -2.08. The molecule has 0 aromatic heterocycles. The molecular weight excluding hydrogens is 335 g/mol. The smallest absolute Gasteiger partial charge is 0.338 e. The number of hydrogen-bond acceptors (Lipinski definition) is 3. The van der Waals surface area contributed by atoms with Crippen LogP contribution in [0.4, 0.5) is 0 Å². The largest absolute Gasteiger partial charge is 0.486 e. The van der Waals surface area contributed by atoms with E-state index in [1.54, 1.807) is 24.3 Å². The van der Waals surface area contributed by atoms with Crippen molar-refractivity contribution in [3.63, 3.8) is 0 Å². The molecule has 0 atom stereocenters. The third kappa shape index (κ3) is 3.82. The lowest BCUT2D eigenvalue weighted by Gasteiger charge is -2.12. The van der Waals surface area contributed by atoms with E-state index >= 15 is 0 Å². The van der Waals surface area contributed by atoms with Crippen LogP contribution in [0, 0.1) is 0 Å². The first-order valence-corrected chi connectivity index (χ1v) is 7.10. The minimum Gasteiger partial charge on any atom is -0.486 e. The Morgan fingerprint density at radius 2 is 1.71 bits per heavy atom. The van der Waals surface area contributed by atoms with Crippen molar-refractivity contribution in [2.24, 2.45) is 0 Å². The van der Waals surface area contributed by atoms with Gasteiger partial charge >= 0.3 is 5.97 Å². The van der Waals surface area contributed by atoms with Gasteiger partial charge in [0.15, 0.2) is 5.75 Å². The highest BCUT2D eigenvalue weighted by atomic mass is 35.5. The molecule has 0 N–H and O–H groups in total. The van der Waals surface area contributed by atoms with E-state index < -0.39 is 5.97 Å². The van der Waals surface area contributed by atoms with Crippen LogP contribution in [-0.4, -0.2) is 13.1 Å². The topological polar surface area (TPSA) is 35.5 Å². The van der Waals surface area contributed by atoms with Crippen LogP contribution in [0.15, 0.2) is 36.4 Å². The Hall–Kier alpha value is -1.42. The number of carbonyl (C=O) groups is 1. The Morgan fingerprint density at radius 1 is 1.10 bits per heavy atom. The van der Waals surface area contributed by atoms with Crippen LogP contribution in [0.5, 0.6) is 5.75 Å². The van der Waals surface area contributed by atoms with Gasteiger partial charge in [0.2, 0.25) is 0 Å². The van der Waals surface area contributed by atoms with Crippen LogP contribution < -0.4 is 4.74 Å². The van der Waals surface area contributed by atoms with Crippen molar-refractivity contribution in [3.8, 4) is 5.75 Å². The first-order valence-electron chi connectivity index (χ1n) is 5.96. The summed E-state index contributed by atoms with van der Waals surface area (Å²) in [4.78, 5) is 11.7. The summed E-state index contributed by atoms with van der Waals surface area (Å²) in [5.41, 5.74) is 1.10. The SMILES string of the molecule is COC(=O)c1ccccc1COc1c(Cl)cc(Cl)cc1Cl. The van der Waals surface area contributed by atoms with E-state index in [1.165, 1.54) is 19.2 Å². The number of esters is 1. The van der Waals surface area contributed by atoms with Crippen molar-refractivity contribution in [2.75, 3.05) is 7.11 Å². The summed E-state index contributed by atoms with van der Waals surface area (Å²) < 4.78 is 10.3. The summed E-state index contributed by atoms with van der Waals surface area (Å²) in [5, 5.41) is 1.04. The number of benzene rings is 2. The molecule has 2 rings (SSSR count). The molecular formula is C15H11Cl3O3. The Kier molecular flexibility index (Phi) is 5.34. The molecule has 0 heterocycles. The van der Waals surface area contributed by atoms with Crippen LogP contribution in [0.25, 0.3) is 0 Å². The molecule has 0 saturated heterocycles. The number of ether oxygens (including phenoxy) is 2. The molecule has 0 aliphatic heterocycles. The van der Waals surface area contributed by atoms with Crippen molar-refractivity contribution in [1.82, 2.24) is 0 Å². The van der Waals surface area contributed by atoms with Gasteiger partial charge in [-0.2, -0.15) is 0 Å². The molecule has 0 radical (unpaired) electrons. The van der Waals surface area contributed by atoms with Gasteiger partial charge in [0, 0.05) is 10.6 Å². The zero-order valence-electron chi connectivity index (χ0n) is 11.0. The van der Waals surface area contributed by atoms with E-state index in [2.05, 4.69) is 0 Å². The average Bonchev–Trinajstić information content (AvgIpc) is 2.45. The molecule has 0 amide bonds. The first kappa shape index (κ1) is 16.0. The molecule has 110 valence electrons. The average molecular weight is 346 g/mol. The van der Waals surface area contributed by atoms with Crippen LogP contribution in [0.2, 0.25) is 15.1 Å². The number of carbonyl (C=O) groups excluding carboxylic acids is 1. The lowest BCUT2D eigenvalue weighted by atomic mass is 10.1. The summed E-state index contributed by atoms with van der Waals surface area (Å²) in [5.74, 6) is -0.107. The summed E-state index contributed by atoms with van der Waals surface area (Å²) in [6, 6.07) is 10.1. The van der Waals surface area contributed by atoms with Gasteiger partial charge in [-0.15, -0.1) is 0 Å². The van der Waals surface area contributed by atoms with E-state index in [9.17, 15) is 4.79 Å². The van der Waals surface area contributed by atoms with Gasteiger partial charge in [0.05, 0.1) is 22.7 Å². The molecule has 0 unspecified atom stereocenters. The molecule has 2 aromatic rings. The van der Waals surface area contributed by atoms with Crippen molar-refractivity contribution >= 4 is 40.8 Å². The molecule has 0 aliphatic rings. The number of rotatable bonds is 4. The van der Waals surface area contributed by atoms with E-state index in [0.29, 0.717) is 31.9 Å². The maximum absolute atomic E-state index is 11.7. The lowest BCUT2D eigenvalue weighted by molar-refractivity contribution is 0.0598. The molecule has 3 nitrogen and oxygen atoms in total. The van der Waals surface area contributed by atoms with Gasteiger partial charge in [-0.05, 0) is 18.2 Å². The third-order valence-electron chi connectivity index (χ3n) is 2.76. The van der Waals surface area contributed by atoms with Crippen molar-refractivity contribution in [3.05, 3.63) is 62.6 Å². The highest BCUT2D eigenvalue weighted by Gasteiger charge is 2.14. The zero-order valence-corrected chi connectivity index (χ0v) is 13.3. The van der Waals surface area contributed by atoms with E-state index in [1.807, 2.05) is 0 Å². The van der Waals surface area contributed by atoms with Crippen LogP contribution >= 0.6 is 34.8 Å². The summed E-state index contributed by atoms with van der Waals surface area (Å²) in [6.45, 7) is 0.131. The predicted molar refractivity (Wildman–Crippen MR) is 83.6 cm³/mol. The predicted octanol–water partition coefficient (Wildman–Crippen LogP) is 5.01. The van der Waals surface area contributed by atoms with E-state index in [-0.39, 0.29) is 6.61 Å². The first-order chi connectivity index (χ1) is 10.0. The maximum atomic E-state index is 11.7. The Balaban J connectivity index is 2.23. The van der Waals surface area contributed by atoms with Crippen LogP contribution in [-0.2, 0) is 11.3 Å². The second-order valence-electron chi connectivity index (χ2n) is 4.14. The summed E-state index contributed by atoms with van der Waals surface area (Å²) >= 11 is 17.9. The van der Waals surface area contributed by atoms with Gasteiger partial charge in [-0.3, -0.25) is 0 Å². The van der Waals surface area contributed by atoms with Gasteiger partial charge in [-0.1, -0.05) is 53.0 Å². The fourth-order valence-corrected chi connectivity index (χ4v) is 2.70. The zero-order chi connectivity index (χ0) is 15.4. The highest BCUT2D eigenvalue weighted by molar-refractivity contribution is 6.40. The second kappa shape index (κ2) is 7.03. The second-order valence-corrected chi connectivity index (χ2v) is 5.39. The fraction of sp³-hybridized carbons (Fsp3) is 0.133. The van der Waals surface area contributed by atoms with E-state index in [4.69, 9.17) is 44.3 Å². The quantitative estimate of drug-likeness (QED) is 0.730. The van der Waals surface area contributed by atoms with Gasteiger partial charge in [0.25, 0.3) is 0 Å². The number of halogens is 3. The van der Waals surface area contributed by atoms with Gasteiger partial charge in [-0.25, -0.2) is 4.79 Å². The normalized spacial score (nSPS) is 10.3. The minimum atomic E-state index is -0.428. The van der Waals surface area contributed by atoms with Crippen LogP contribution in [0.1, 0.15) is 15.9 Å². The van der Waals surface area contributed by atoms with Gasteiger partial charge in [0.1, 0.15) is 6.61 Å². The molecule has 2 aromatic carbocycles. The molecule has 6 heteroatoms. The summed E-state index contributed by atoms with van der Waals surface area (Å²) in [6.07, 6.45) is 0. The van der Waals surface area contributed by atoms with Crippen LogP contribution in [0.3, 0.4) is 0 Å². The van der Waals surface area contributed by atoms with Crippen molar-refractivity contribution in [2.45, 2.75) is 6.61 Å². The standard InChI is InChI=1S/C15H11Cl3O3/c1-20-15(19)11-5-3-2-4-9(11)8-21-14-12(17)6-10(16)7-13(14)18/h2-7H,8H2,1H3. The van der Waals surface area contributed by atoms with Gasteiger partial charge < -0.3 is 9.47 Å². The van der Waals surface area contributed by atoms with E-state index in [0.717, 1.165) is 0 Å². The van der Waals surface area contributed by atoms with Crippen molar-refractivity contribution in [1.29, 1.82) is 0 Å². The number of methoxy groups -OCH3 is 1. The third-order valence-corrected chi connectivity index (χ3v) is 3.54. The Bertz CT molecular complexity index is 648. The number of hydrogen-bond donors (Lipinski definition) is 0. The molecule has 0 spiro atoms. The molecule has 21 heavy (non-hydrogen) atoms. The Morgan fingerprint density at radius 3 is 2.33 bits per heavy atom. The molecule has 0 aliphatic carbocycles. The fourth-order valence-electron chi connectivity index (χ4n) is 1.77.